The molecule has 1 fully saturated rings. The van der Waals surface area contributed by atoms with Crippen LogP contribution in [0.2, 0.25) is 0 Å². The topological polar surface area (TPSA) is 81.7 Å². The largest absolute Gasteiger partial charge is 0.478 e. The fourth-order valence-corrected chi connectivity index (χ4v) is 3.14. The Balaban J connectivity index is 1.65. The van der Waals surface area contributed by atoms with E-state index < -0.39 is 5.97 Å². The van der Waals surface area contributed by atoms with E-state index >= 15 is 0 Å². The number of hydrogen-bond donors (Lipinski definition) is 2. The van der Waals surface area contributed by atoms with Crippen LogP contribution in [-0.4, -0.2) is 59.2 Å². The minimum Gasteiger partial charge on any atom is -0.478 e. The number of H-pyrrole nitrogens is 1. The van der Waals surface area contributed by atoms with Crippen molar-refractivity contribution in [2.24, 2.45) is 0 Å². The summed E-state index contributed by atoms with van der Waals surface area (Å²) in [6.07, 6.45) is 3.39. The van der Waals surface area contributed by atoms with Crippen molar-refractivity contribution in [3.05, 3.63) is 48.3 Å². The number of hydrogen-bond acceptors (Lipinski definition) is 5. The van der Waals surface area contributed by atoms with Crippen LogP contribution >= 0.6 is 0 Å². The fraction of sp³-hybridized carbons (Fsp3) is 0.263. The Bertz CT molecular complexity index is 945. The summed E-state index contributed by atoms with van der Waals surface area (Å²) < 4.78 is 5.91. The molecule has 7 heteroatoms. The van der Waals surface area contributed by atoms with E-state index in [4.69, 9.17) is 4.74 Å². The summed E-state index contributed by atoms with van der Waals surface area (Å²) in [6.45, 7) is 3.76. The first kappa shape index (κ1) is 16.4. The first-order chi connectivity index (χ1) is 12.6. The molecule has 2 aromatic heterocycles. The molecule has 0 atom stereocenters. The first-order valence-corrected chi connectivity index (χ1v) is 8.52. The Morgan fingerprint density at radius 2 is 2.00 bits per heavy atom. The summed E-state index contributed by atoms with van der Waals surface area (Å²) >= 11 is 0. The second-order valence-electron chi connectivity index (χ2n) is 6.46. The smallest absolute Gasteiger partial charge is 0.339 e. The second kappa shape index (κ2) is 6.68. The molecule has 0 unspecified atom stereocenters. The number of fused-ring (bicyclic) bond motifs is 1. The molecule has 4 rings (SSSR count). The van der Waals surface area contributed by atoms with Gasteiger partial charge in [-0.15, -0.1) is 0 Å². The number of nitrogens with one attached hydrogen (secondary N) is 1. The average Bonchev–Trinajstić information content (AvgIpc) is 3.10. The van der Waals surface area contributed by atoms with Gasteiger partial charge >= 0.3 is 5.97 Å². The summed E-state index contributed by atoms with van der Waals surface area (Å²) in [5.74, 6) is -0.179. The van der Waals surface area contributed by atoms with Gasteiger partial charge in [0.15, 0.2) is 0 Å². The number of nitrogens with zero attached hydrogens (tertiary/aromatic N) is 3. The number of carbonyl (C=O) groups is 1. The minimum absolute atomic E-state index is 0.136. The molecule has 0 saturated carbocycles. The molecule has 1 aromatic carbocycles. The van der Waals surface area contributed by atoms with Crippen molar-refractivity contribution >= 4 is 22.7 Å². The number of aromatic amines is 1. The summed E-state index contributed by atoms with van der Waals surface area (Å²) in [4.78, 5) is 23.4. The molecule has 0 aliphatic carbocycles. The third-order valence-electron chi connectivity index (χ3n) is 4.67. The third-order valence-corrected chi connectivity index (χ3v) is 4.67. The van der Waals surface area contributed by atoms with Gasteiger partial charge in [-0.25, -0.2) is 9.78 Å². The highest BCUT2D eigenvalue weighted by Crippen LogP contribution is 2.31. The number of piperazine rings is 1. The van der Waals surface area contributed by atoms with E-state index in [1.807, 2.05) is 18.2 Å². The lowest BCUT2D eigenvalue weighted by molar-refractivity contribution is 0.0694. The van der Waals surface area contributed by atoms with E-state index in [9.17, 15) is 9.90 Å². The van der Waals surface area contributed by atoms with Gasteiger partial charge in [0.1, 0.15) is 22.7 Å². The number of pyridine rings is 1. The fourth-order valence-electron chi connectivity index (χ4n) is 3.14. The zero-order valence-corrected chi connectivity index (χ0v) is 14.5. The van der Waals surface area contributed by atoms with Crippen molar-refractivity contribution in [2.75, 3.05) is 38.1 Å². The summed E-state index contributed by atoms with van der Waals surface area (Å²) in [6, 6.07) is 8.99. The molecule has 0 spiro atoms. The van der Waals surface area contributed by atoms with Crippen LogP contribution in [0.5, 0.6) is 11.5 Å². The standard InChI is InChI=1S/C19H20N4O3/c1-22-6-8-23(9-7-22)14-2-3-16(19(24)25)17(11-14)26-15-10-13-4-5-20-18(13)21-12-15/h2-5,10-12H,6-9H2,1H3,(H,20,21)(H,24,25). The molecule has 3 heterocycles. The second-order valence-corrected chi connectivity index (χ2v) is 6.46. The van der Waals surface area contributed by atoms with Gasteiger partial charge in [-0.05, 0) is 31.3 Å². The van der Waals surface area contributed by atoms with Gasteiger partial charge in [0.2, 0.25) is 0 Å². The maximum atomic E-state index is 11.6. The SMILES string of the molecule is CN1CCN(c2ccc(C(=O)O)c(Oc3cnc4[nH]ccc4c3)c2)CC1. The average molecular weight is 352 g/mol. The van der Waals surface area contributed by atoms with Gasteiger partial charge in [0.05, 0.1) is 6.20 Å². The Morgan fingerprint density at radius 3 is 2.77 bits per heavy atom. The van der Waals surface area contributed by atoms with Crippen LogP contribution in [0, 0.1) is 0 Å². The normalized spacial score (nSPS) is 15.3. The number of carboxylic acid groups (broad SMARTS) is 1. The van der Waals surface area contributed by atoms with Gasteiger partial charge in [0.25, 0.3) is 0 Å². The molecule has 7 nitrogen and oxygen atoms in total. The quantitative estimate of drug-likeness (QED) is 0.751. The van der Waals surface area contributed by atoms with E-state index in [0.717, 1.165) is 42.9 Å². The molecule has 2 N–H and O–H groups in total. The highest BCUT2D eigenvalue weighted by atomic mass is 16.5. The van der Waals surface area contributed by atoms with Gasteiger partial charge in [-0.2, -0.15) is 0 Å². The number of aromatic nitrogens is 2. The van der Waals surface area contributed by atoms with Crippen molar-refractivity contribution in [1.82, 2.24) is 14.9 Å². The molecule has 26 heavy (non-hydrogen) atoms. The van der Waals surface area contributed by atoms with Crippen LogP contribution in [-0.2, 0) is 0 Å². The Hall–Kier alpha value is -3.06. The van der Waals surface area contributed by atoms with Gasteiger partial charge in [0, 0.05) is 49.5 Å². The van der Waals surface area contributed by atoms with Gasteiger partial charge in [-0.1, -0.05) is 0 Å². The highest BCUT2D eigenvalue weighted by Gasteiger charge is 2.18. The van der Waals surface area contributed by atoms with E-state index in [-0.39, 0.29) is 5.56 Å². The number of aromatic carboxylic acids is 1. The molecule has 0 bridgehead atoms. The molecular weight excluding hydrogens is 332 g/mol. The van der Waals surface area contributed by atoms with Crippen LogP contribution in [0.15, 0.2) is 42.7 Å². The van der Waals surface area contributed by atoms with Crippen LogP contribution in [0.1, 0.15) is 10.4 Å². The maximum Gasteiger partial charge on any atom is 0.339 e. The van der Waals surface area contributed by atoms with Gasteiger partial charge < -0.3 is 24.6 Å². The van der Waals surface area contributed by atoms with E-state index in [0.29, 0.717) is 11.5 Å². The van der Waals surface area contributed by atoms with Crippen LogP contribution in [0.25, 0.3) is 11.0 Å². The summed E-state index contributed by atoms with van der Waals surface area (Å²) in [5.41, 5.74) is 1.87. The van der Waals surface area contributed by atoms with Crippen molar-refractivity contribution in [1.29, 1.82) is 0 Å². The molecule has 1 saturated heterocycles. The van der Waals surface area contributed by atoms with Crippen molar-refractivity contribution < 1.29 is 14.6 Å². The molecule has 1 aliphatic heterocycles. The summed E-state index contributed by atoms with van der Waals surface area (Å²) in [7, 11) is 2.10. The van der Waals surface area contributed by atoms with E-state index in [2.05, 4.69) is 26.8 Å². The molecular formula is C19H20N4O3. The number of likely N-dealkylation sites (N-methyl/N-ethyl adjacent to an activating group) is 1. The molecule has 134 valence electrons. The molecule has 1 aliphatic rings. The first-order valence-electron chi connectivity index (χ1n) is 8.52. The minimum atomic E-state index is -1.01. The lowest BCUT2D eigenvalue weighted by Crippen LogP contribution is -2.44. The monoisotopic (exact) mass is 352 g/mol. The Labute approximate surface area is 150 Å². The van der Waals surface area contributed by atoms with E-state index in [1.54, 1.807) is 24.5 Å². The third kappa shape index (κ3) is 3.21. The molecule has 3 aromatic rings. The Kier molecular flexibility index (Phi) is 4.22. The lowest BCUT2D eigenvalue weighted by atomic mass is 10.1. The molecule has 0 amide bonds. The lowest BCUT2D eigenvalue weighted by Gasteiger charge is -2.34. The summed E-state index contributed by atoms with van der Waals surface area (Å²) in [5, 5.41) is 10.4. The number of benzene rings is 1. The van der Waals surface area contributed by atoms with E-state index in [1.165, 1.54) is 0 Å². The van der Waals surface area contributed by atoms with Crippen LogP contribution in [0.4, 0.5) is 5.69 Å². The molecule has 0 radical (unpaired) electrons. The zero-order valence-electron chi connectivity index (χ0n) is 14.5. The Morgan fingerprint density at radius 1 is 1.19 bits per heavy atom. The number of anilines is 1. The number of rotatable bonds is 4. The van der Waals surface area contributed by atoms with Crippen LogP contribution in [0.3, 0.4) is 0 Å². The highest BCUT2D eigenvalue weighted by molar-refractivity contribution is 5.92. The predicted molar refractivity (Wildman–Crippen MR) is 99.3 cm³/mol. The van der Waals surface area contributed by atoms with Gasteiger partial charge in [-0.3, -0.25) is 0 Å². The number of carboxylic acids is 1. The van der Waals surface area contributed by atoms with Crippen LogP contribution < -0.4 is 9.64 Å². The van der Waals surface area contributed by atoms with Crippen molar-refractivity contribution in [3.8, 4) is 11.5 Å². The predicted octanol–water partition coefficient (Wildman–Crippen LogP) is 2.81. The number of ether oxygens (including phenoxy) is 1. The van der Waals surface area contributed by atoms with Crippen molar-refractivity contribution in [2.45, 2.75) is 0 Å². The zero-order chi connectivity index (χ0) is 18.1. The maximum absolute atomic E-state index is 11.6. The van der Waals surface area contributed by atoms with Crippen molar-refractivity contribution in [3.63, 3.8) is 0 Å².